The van der Waals surface area contributed by atoms with Gasteiger partial charge in [0.1, 0.15) is 0 Å². The summed E-state index contributed by atoms with van der Waals surface area (Å²) in [7, 11) is 0. The number of carbonyl (C=O) groups excluding carboxylic acids is 1. The molecule has 0 spiro atoms. The van der Waals surface area contributed by atoms with E-state index in [4.69, 9.17) is 9.47 Å². The fourth-order valence-electron chi connectivity index (χ4n) is 5.63. The van der Waals surface area contributed by atoms with Gasteiger partial charge in [-0.25, -0.2) is 0 Å². The lowest BCUT2D eigenvalue weighted by Gasteiger charge is -2.51. The lowest BCUT2D eigenvalue weighted by Crippen LogP contribution is -2.61. The minimum Gasteiger partial charge on any atom is -0.454 e. The molecule has 6 rings (SSSR count). The first-order chi connectivity index (χ1) is 13.4. The van der Waals surface area contributed by atoms with Crippen molar-refractivity contribution in [2.24, 2.45) is 11.3 Å². The van der Waals surface area contributed by atoms with Crippen LogP contribution in [0, 0.1) is 11.3 Å². The zero-order valence-electron chi connectivity index (χ0n) is 17.1. The first-order valence-electron chi connectivity index (χ1n) is 10.5. The summed E-state index contributed by atoms with van der Waals surface area (Å²) in [5.41, 5.74) is 1.66. The van der Waals surface area contributed by atoms with Crippen molar-refractivity contribution in [3.8, 4) is 11.5 Å². The summed E-state index contributed by atoms with van der Waals surface area (Å²) in [6.45, 7) is 13.5. The summed E-state index contributed by atoms with van der Waals surface area (Å²) < 4.78 is 11.1. The monoisotopic (exact) mass is 382 g/mol. The van der Waals surface area contributed by atoms with E-state index < -0.39 is 5.41 Å². The van der Waals surface area contributed by atoms with E-state index in [0.29, 0.717) is 30.7 Å². The van der Waals surface area contributed by atoms with E-state index in [1.165, 1.54) is 18.4 Å². The van der Waals surface area contributed by atoms with Crippen LogP contribution >= 0.6 is 0 Å². The summed E-state index contributed by atoms with van der Waals surface area (Å²) in [6.07, 6.45) is 2.40. The second kappa shape index (κ2) is 6.24. The zero-order valence-corrected chi connectivity index (χ0v) is 17.1. The van der Waals surface area contributed by atoms with Gasteiger partial charge < -0.3 is 14.4 Å². The molecule has 4 fully saturated rings. The number of hydrogen-bond donors (Lipinski definition) is 0. The van der Waals surface area contributed by atoms with Crippen LogP contribution in [-0.4, -0.2) is 54.2 Å². The molecule has 0 aromatic heterocycles. The molecule has 0 saturated carbocycles. The van der Waals surface area contributed by atoms with Gasteiger partial charge in [-0.1, -0.05) is 18.2 Å². The minimum absolute atomic E-state index is 0.229. The second-order valence-electron chi connectivity index (χ2n) is 9.44. The van der Waals surface area contributed by atoms with E-state index in [1.807, 2.05) is 26.8 Å². The van der Waals surface area contributed by atoms with E-state index in [1.54, 1.807) is 0 Å². The first kappa shape index (κ1) is 18.0. The van der Waals surface area contributed by atoms with Crippen LogP contribution in [-0.2, 0) is 4.79 Å². The number of rotatable bonds is 3. The molecule has 4 saturated heterocycles. The summed E-state index contributed by atoms with van der Waals surface area (Å²) in [5, 5.41) is 0. The molecule has 5 aliphatic rings. The van der Waals surface area contributed by atoms with Crippen LogP contribution in [0.25, 0.3) is 0 Å². The molecule has 0 radical (unpaired) electrons. The molecule has 3 atom stereocenters. The number of carbonyl (C=O) groups is 1. The van der Waals surface area contributed by atoms with Crippen LogP contribution in [0.2, 0.25) is 0 Å². The van der Waals surface area contributed by atoms with Gasteiger partial charge in [0.15, 0.2) is 11.5 Å². The molecular formula is C23H30N2O3. The molecule has 5 aliphatic heterocycles. The van der Waals surface area contributed by atoms with E-state index in [0.717, 1.165) is 36.7 Å². The number of nitrogens with zero attached hydrogens (tertiary/aromatic N) is 2. The van der Waals surface area contributed by atoms with Crippen molar-refractivity contribution < 1.29 is 14.3 Å². The maximum Gasteiger partial charge on any atom is 0.232 e. The third-order valence-electron chi connectivity index (χ3n) is 7.68. The molecular weight excluding hydrogens is 352 g/mol. The van der Waals surface area contributed by atoms with Gasteiger partial charge in [-0.2, -0.15) is 0 Å². The Balaban J connectivity index is 1.52. The summed E-state index contributed by atoms with van der Waals surface area (Å²) in [4.78, 5) is 18.4. The van der Waals surface area contributed by atoms with Gasteiger partial charge >= 0.3 is 0 Å². The van der Waals surface area contributed by atoms with E-state index >= 15 is 0 Å². The molecule has 1 amide bonds. The minimum atomic E-state index is -0.527. The van der Waals surface area contributed by atoms with E-state index in [-0.39, 0.29) is 5.91 Å². The Hall–Kier alpha value is -2.01. The van der Waals surface area contributed by atoms with Gasteiger partial charge in [0.25, 0.3) is 0 Å². The van der Waals surface area contributed by atoms with Crippen LogP contribution < -0.4 is 9.47 Å². The topological polar surface area (TPSA) is 42.0 Å². The molecule has 0 unspecified atom stereocenters. The predicted molar refractivity (Wildman–Crippen MR) is 107 cm³/mol. The Bertz CT molecular complexity index is 825. The fourth-order valence-corrected chi connectivity index (χ4v) is 5.63. The maximum atomic E-state index is 13.6. The molecule has 5 nitrogen and oxygen atoms in total. The molecule has 1 aromatic carbocycles. The quantitative estimate of drug-likeness (QED) is 0.752. The molecule has 1 aromatic rings. The van der Waals surface area contributed by atoms with Gasteiger partial charge in [-0.05, 0) is 70.3 Å². The van der Waals surface area contributed by atoms with Gasteiger partial charge in [0.2, 0.25) is 12.7 Å². The van der Waals surface area contributed by atoms with Crippen molar-refractivity contribution >= 4 is 5.91 Å². The first-order valence-corrected chi connectivity index (χ1v) is 10.5. The van der Waals surface area contributed by atoms with Crippen molar-refractivity contribution in [2.45, 2.75) is 51.6 Å². The molecule has 0 aliphatic carbocycles. The highest BCUT2D eigenvalue weighted by molar-refractivity contribution is 5.85. The van der Waals surface area contributed by atoms with Gasteiger partial charge in [0.05, 0.1) is 11.5 Å². The lowest BCUT2D eigenvalue weighted by molar-refractivity contribution is -0.143. The van der Waals surface area contributed by atoms with Gasteiger partial charge in [-0.3, -0.25) is 9.69 Å². The standard InChI is InChI=1S/C23H30N2O3/c1-14(2)23(3,4)22(26)25-12-17(16-5-6-18-19(11-16)28-13-27-18)21-20(25)15-7-9-24(21)10-8-15/h5-6,11,15,17,20-21H,1,7-10,12-13H2,2-4H3/t17-,20+,21+/m1/s1. The third-order valence-corrected chi connectivity index (χ3v) is 7.68. The van der Waals surface area contributed by atoms with Crippen LogP contribution in [0.5, 0.6) is 11.5 Å². The smallest absolute Gasteiger partial charge is 0.232 e. The Kier molecular flexibility index (Phi) is 4.02. The predicted octanol–water partition coefficient (Wildman–Crippen LogP) is 3.41. The van der Waals surface area contributed by atoms with Gasteiger partial charge in [-0.15, -0.1) is 0 Å². The van der Waals surface area contributed by atoms with Crippen molar-refractivity contribution in [3.63, 3.8) is 0 Å². The van der Waals surface area contributed by atoms with Crippen LogP contribution in [0.4, 0.5) is 0 Å². The highest BCUT2D eigenvalue weighted by Gasteiger charge is 2.56. The number of benzene rings is 1. The summed E-state index contributed by atoms with van der Waals surface area (Å²) in [5.74, 6) is 2.80. The van der Waals surface area contributed by atoms with Crippen molar-refractivity contribution in [2.75, 3.05) is 26.4 Å². The molecule has 28 heavy (non-hydrogen) atoms. The molecule has 2 bridgehead atoms. The van der Waals surface area contributed by atoms with Crippen molar-refractivity contribution in [1.29, 1.82) is 0 Å². The zero-order chi connectivity index (χ0) is 19.6. The summed E-state index contributed by atoms with van der Waals surface area (Å²) >= 11 is 0. The number of piperidine rings is 3. The molecule has 5 heterocycles. The average Bonchev–Trinajstić information content (AvgIpc) is 3.33. The van der Waals surface area contributed by atoms with E-state index in [9.17, 15) is 4.79 Å². The van der Waals surface area contributed by atoms with Crippen LogP contribution in [0.1, 0.15) is 45.1 Å². The molecule has 150 valence electrons. The number of likely N-dealkylation sites (tertiary alicyclic amines) is 1. The summed E-state index contributed by atoms with van der Waals surface area (Å²) in [6, 6.07) is 7.02. The fraction of sp³-hybridized carbons (Fsp3) is 0.609. The van der Waals surface area contributed by atoms with Crippen LogP contribution in [0.15, 0.2) is 30.4 Å². The SMILES string of the molecule is C=C(C)C(C)(C)C(=O)N1C[C@H](c2ccc3c(c2)OCO3)[C@H]2[C@@H]1C1CCN2CC1. The van der Waals surface area contributed by atoms with Crippen molar-refractivity contribution in [1.82, 2.24) is 9.80 Å². The number of ether oxygens (including phenoxy) is 2. The lowest BCUT2D eigenvalue weighted by atomic mass is 9.75. The molecule has 5 heteroatoms. The second-order valence-corrected chi connectivity index (χ2v) is 9.44. The maximum absolute atomic E-state index is 13.6. The number of hydrogen-bond acceptors (Lipinski definition) is 4. The normalized spacial score (nSPS) is 33.1. The molecule has 0 N–H and O–H groups in total. The highest BCUT2D eigenvalue weighted by atomic mass is 16.7. The Morgan fingerprint density at radius 1 is 1.14 bits per heavy atom. The Morgan fingerprint density at radius 2 is 1.86 bits per heavy atom. The number of fused-ring (bicyclic) bond motifs is 3. The third kappa shape index (κ3) is 2.52. The van der Waals surface area contributed by atoms with Crippen molar-refractivity contribution in [3.05, 3.63) is 35.9 Å². The highest BCUT2D eigenvalue weighted by Crippen LogP contribution is 2.49. The number of amides is 1. The van der Waals surface area contributed by atoms with E-state index in [2.05, 4.69) is 28.5 Å². The van der Waals surface area contributed by atoms with Gasteiger partial charge in [0, 0.05) is 18.5 Å². The Labute approximate surface area is 167 Å². The Morgan fingerprint density at radius 3 is 2.57 bits per heavy atom. The largest absolute Gasteiger partial charge is 0.454 e. The van der Waals surface area contributed by atoms with Crippen LogP contribution in [0.3, 0.4) is 0 Å². The average molecular weight is 383 g/mol.